The van der Waals surface area contributed by atoms with Gasteiger partial charge < -0.3 is 10.1 Å². The number of hydrogen-bond donors (Lipinski definition) is 1. The minimum atomic E-state index is -0.309. The zero-order valence-electron chi connectivity index (χ0n) is 12.4. The van der Waals surface area contributed by atoms with Crippen LogP contribution >= 0.6 is 0 Å². The molecule has 6 nitrogen and oxygen atoms in total. The van der Waals surface area contributed by atoms with Gasteiger partial charge in [0.1, 0.15) is 11.3 Å². The van der Waals surface area contributed by atoms with E-state index in [1.807, 2.05) is 31.2 Å². The molecule has 0 saturated heterocycles. The topological polar surface area (TPSA) is 69.0 Å². The van der Waals surface area contributed by atoms with Gasteiger partial charge in [-0.25, -0.2) is 4.79 Å². The Bertz CT molecular complexity index is 826. The average Bonchev–Trinajstić information content (AvgIpc) is 2.96. The van der Waals surface area contributed by atoms with Crippen LogP contribution in [0.3, 0.4) is 0 Å². The van der Waals surface area contributed by atoms with Gasteiger partial charge in [-0.1, -0.05) is 29.5 Å². The quantitative estimate of drug-likeness (QED) is 0.806. The number of methoxy groups -OCH3 is 1. The maximum atomic E-state index is 12.3. The summed E-state index contributed by atoms with van der Waals surface area (Å²) in [6.07, 6.45) is 0. The molecule has 0 bridgehead atoms. The molecular weight excluding hydrogens is 280 g/mol. The summed E-state index contributed by atoms with van der Waals surface area (Å²) in [5, 5.41) is 10.8. The van der Waals surface area contributed by atoms with Crippen LogP contribution in [-0.4, -0.2) is 28.1 Å². The second kappa shape index (κ2) is 5.85. The van der Waals surface area contributed by atoms with Gasteiger partial charge in [-0.05, 0) is 30.2 Å². The number of carbonyl (C=O) groups excluding carboxylic acids is 1. The molecule has 112 valence electrons. The van der Waals surface area contributed by atoms with Crippen LogP contribution in [0.4, 0.5) is 4.79 Å². The SMILES string of the molecule is COc1ccc2c(c1)nnn2C(=O)NCc1ccccc1C. The smallest absolute Gasteiger partial charge is 0.344 e. The zero-order chi connectivity index (χ0) is 15.5. The van der Waals surface area contributed by atoms with Crippen molar-refractivity contribution in [2.24, 2.45) is 0 Å². The van der Waals surface area contributed by atoms with E-state index in [1.165, 1.54) is 4.68 Å². The summed E-state index contributed by atoms with van der Waals surface area (Å²) < 4.78 is 6.39. The standard InChI is InChI=1S/C16H16N4O2/c1-11-5-3-4-6-12(11)10-17-16(21)20-15-8-7-13(22-2)9-14(15)18-19-20/h3-9H,10H2,1-2H3,(H,17,21). The Kier molecular flexibility index (Phi) is 3.74. The third-order valence-electron chi connectivity index (χ3n) is 3.54. The first-order chi connectivity index (χ1) is 10.7. The van der Waals surface area contributed by atoms with E-state index in [-0.39, 0.29) is 6.03 Å². The Labute approximate surface area is 127 Å². The first-order valence-corrected chi connectivity index (χ1v) is 6.91. The molecule has 1 N–H and O–H groups in total. The Hall–Kier alpha value is -2.89. The van der Waals surface area contributed by atoms with Gasteiger partial charge in [0.25, 0.3) is 0 Å². The Morgan fingerprint density at radius 2 is 2.09 bits per heavy atom. The molecule has 0 aliphatic carbocycles. The summed E-state index contributed by atoms with van der Waals surface area (Å²) in [7, 11) is 1.58. The molecular formula is C16H16N4O2. The van der Waals surface area contributed by atoms with Crippen molar-refractivity contribution in [3.8, 4) is 5.75 Å². The fourth-order valence-corrected chi connectivity index (χ4v) is 2.23. The van der Waals surface area contributed by atoms with Crippen molar-refractivity contribution in [1.29, 1.82) is 0 Å². The van der Waals surface area contributed by atoms with Gasteiger partial charge in [-0.3, -0.25) is 0 Å². The van der Waals surface area contributed by atoms with Crippen molar-refractivity contribution >= 4 is 17.1 Å². The highest BCUT2D eigenvalue weighted by Gasteiger charge is 2.12. The third-order valence-corrected chi connectivity index (χ3v) is 3.54. The number of amides is 1. The van der Waals surface area contributed by atoms with E-state index < -0.39 is 0 Å². The first kappa shape index (κ1) is 14.1. The second-order valence-corrected chi connectivity index (χ2v) is 4.94. The van der Waals surface area contributed by atoms with Gasteiger partial charge >= 0.3 is 6.03 Å². The molecule has 1 amide bonds. The number of hydrogen-bond acceptors (Lipinski definition) is 4. The van der Waals surface area contributed by atoms with Gasteiger partial charge in [0, 0.05) is 12.6 Å². The Morgan fingerprint density at radius 1 is 1.27 bits per heavy atom. The summed E-state index contributed by atoms with van der Waals surface area (Å²) in [5.41, 5.74) is 3.46. The number of nitrogens with zero attached hydrogens (tertiary/aromatic N) is 3. The van der Waals surface area contributed by atoms with E-state index in [1.54, 1.807) is 25.3 Å². The van der Waals surface area contributed by atoms with Gasteiger partial charge in [0.05, 0.1) is 12.6 Å². The summed E-state index contributed by atoms with van der Waals surface area (Å²) in [5.74, 6) is 0.680. The molecule has 2 aromatic carbocycles. The second-order valence-electron chi connectivity index (χ2n) is 4.94. The predicted molar refractivity (Wildman–Crippen MR) is 82.9 cm³/mol. The number of fused-ring (bicyclic) bond motifs is 1. The number of rotatable bonds is 3. The number of aromatic nitrogens is 3. The normalized spacial score (nSPS) is 10.6. The third kappa shape index (κ3) is 2.63. The van der Waals surface area contributed by atoms with Crippen molar-refractivity contribution in [1.82, 2.24) is 20.3 Å². The molecule has 22 heavy (non-hydrogen) atoms. The molecule has 0 aliphatic heterocycles. The van der Waals surface area contributed by atoms with Gasteiger partial charge in [0.2, 0.25) is 0 Å². The summed E-state index contributed by atoms with van der Waals surface area (Å²) in [6, 6.07) is 12.9. The first-order valence-electron chi connectivity index (χ1n) is 6.91. The highest BCUT2D eigenvalue weighted by molar-refractivity contribution is 5.88. The van der Waals surface area contributed by atoms with Crippen molar-refractivity contribution in [2.75, 3.05) is 7.11 Å². The lowest BCUT2D eigenvalue weighted by atomic mass is 10.1. The van der Waals surface area contributed by atoms with Crippen LogP contribution < -0.4 is 10.1 Å². The molecule has 0 aliphatic rings. The molecule has 0 atom stereocenters. The van der Waals surface area contributed by atoms with Crippen LogP contribution in [0.2, 0.25) is 0 Å². The van der Waals surface area contributed by atoms with Crippen LogP contribution in [0, 0.1) is 6.92 Å². The van der Waals surface area contributed by atoms with E-state index in [9.17, 15) is 4.79 Å². The largest absolute Gasteiger partial charge is 0.497 e. The van der Waals surface area contributed by atoms with E-state index in [0.717, 1.165) is 11.1 Å². The summed E-state index contributed by atoms with van der Waals surface area (Å²) in [6.45, 7) is 2.46. The summed E-state index contributed by atoms with van der Waals surface area (Å²) in [4.78, 5) is 12.3. The fourth-order valence-electron chi connectivity index (χ4n) is 2.23. The average molecular weight is 296 g/mol. The van der Waals surface area contributed by atoms with Gasteiger partial charge in [-0.2, -0.15) is 4.68 Å². The lowest BCUT2D eigenvalue weighted by molar-refractivity contribution is 0.239. The molecule has 0 spiro atoms. The van der Waals surface area contributed by atoms with Crippen LogP contribution in [0.15, 0.2) is 42.5 Å². The highest BCUT2D eigenvalue weighted by Crippen LogP contribution is 2.18. The van der Waals surface area contributed by atoms with Crippen LogP contribution in [0.5, 0.6) is 5.75 Å². The molecule has 3 aromatic rings. The highest BCUT2D eigenvalue weighted by atomic mass is 16.5. The molecule has 0 unspecified atom stereocenters. The molecule has 3 rings (SSSR count). The minimum absolute atomic E-state index is 0.309. The number of carbonyl (C=O) groups is 1. The van der Waals surface area contributed by atoms with E-state index in [2.05, 4.69) is 15.6 Å². The Morgan fingerprint density at radius 3 is 2.86 bits per heavy atom. The minimum Gasteiger partial charge on any atom is -0.497 e. The van der Waals surface area contributed by atoms with Crippen molar-refractivity contribution in [3.05, 3.63) is 53.6 Å². The predicted octanol–water partition coefficient (Wildman–Crippen LogP) is 2.51. The molecule has 0 saturated carbocycles. The van der Waals surface area contributed by atoms with E-state index in [0.29, 0.717) is 23.3 Å². The lowest BCUT2D eigenvalue weighted by Crippen LogP contribution is -2.29. The molecule has 0 radical (unpaired) electrons. The number of ether oxygens (including phenoxy) is 1. The maximum absolute atomic E-state index is 12.3. The van der Waals surface area contributed by atoms with Crippen LogP contribution in [-0.2, 0) is 6.54 Å². The van der Waals surface area contributed by atoms with Crippen LogP contribution in [0.25, 0.3) is 11.0 Å². The number of nitrogens with one attached hydrogen (secondary N) is 1. The maximum Gasteiger partial charge on any atom is 0.344 e. The van der Waals surface area contributed by atoms with E-state index in [4.69, 9.17) is 4.74 Å². The zero-order valence-corrected chi connectivity index (χ0v) is 12.4. The molecule has 0 fully saturated rings. The van der Waals surface area contributed by atoms with Crippen molar-refractivity contribution in [2.45, 2.75) is 13.5 Å². The van der Waals surface area contributed by atoms with Crippen molar-refractivity contribution < 1.29 is 9.53 Å². The number of aryl methyl sites for hydroxylation is 1. The molecule has 6 heteroatoms. The lowest BCUT2D eigenvalue weighted by Gasteiger charge is -2.07. The van der Waals surface area contributed by atoms with Crippen LogP contribution in [0.1, 0.15) is 11.1 Å². The molecule has 1 heterocycles. The monoisotopic (exact) mass is 296 g/mol. The Balaban J connectivity index is 1.79. The van der Waals surface area contributed by atoms with Crippen molar-refractivity contribution in [3.63, 3.8) is 0 Å². The number of benzene rings is 2. The van der Waals surface area contributed by atoms with Gasteiger partial charge in [-0.15, -0.1) is 5.10 Å². The van der Waals surface area contributed by atoms with Gasteiger partial charge in [0.15, 0.2) is 0 Å². The fraction of sp³-hybridized carbons (Fsp3) is 0.188. The van der Waals surface area contributed by atoms with E-state index >= 15 is 0 Å². The summed E-state index contributed by atoms with van der Waals surface area (Å²) >= 11 is 0. The molecule has 1 aromatic heterocycles.